The molecule has 16 heavy (non-hydrogen) atoms. The largest absolute Gasteiger partial charge is 0.491 e. The van der Waals surface area contributed by atoms with Crippen molar-refractivity contribution in [3.63, 3.8) is 0 Å². The molecular weight excluding hydrogens is 220 g/mol. The van der Waals surface area contributed by atoms with Crippen LogP contribution in [0.25, 0.3) is 10.2 Å². The van der Waals surface area contributed by atoms with Gasteiger partial charge < -0.3 is 10.5 Å². The second-order valence-corrected chi connectivity index (χ2v) is 4.67. The Morgan fingerprint density at radius 2 is 2.31 bits per heavy atom. The number of nitrogens with zero attached hydrogens (tertiary/aromatic N) is 1. The lowest BCUT2D eigenvalue weighted by molar-refractivity contribution is 0.316. The van der Waals surface area contributed by atoms with E-state index in [1.165, 1.54) is 4.70 Å². The van der Waals surface area contributed by atoms with Crippen LogP contribution in [0.3, 0.4) is 0 Å². The predicted molar refractivity (Wildman–Crippen MR) is 68.2 cm³/mol. The Bertz CT molecular complexity index is 467. The number of aryl methyl sites for hydroxylation is 1. The predicted octanol–water partition coefficient (Wildman–Crippen LogP) is 2.59. The number of aromatic nitrogens is 1. The first kappa shape index (κ1) is 11.4. The van der Waals surface area contributed by atoms with Gasteiger partial charge in [0.1, 0.15) is 11.3 Å². The van der Waals surface area contributed by atoms with Gasteiger partial charge in [0.2, 0.25) is 0 Å². The van der Waals surface area contributed by atoms with Crippen molar-refractivity contribution < 1.29 is 4.74 Å². The number of hydrogen-bond acceptors (Lipinski definition) is 4. The molecular formula is C12H16N2OS. The number of ether oxygens (including phenoxy) is 1. The third-order valence-electron chi connectivity index (χ3n) is 2.33. The molecule has 0 aliphatic rings. The molecule has 0 bridgehead atoms. The normalized spacial score (nSPS) is 10.9. The number of thiazole rings is 1. The van der Waals surface area contributed by atoms with E-state index in [2.05, 4.69) is 18.0 Å². The zero-order valence-corrected chi connectivity index (χ0v) is 10.2. The van der Waals surface area contributed by atoms with E-state index in [4.69, 9.17) is 10.5 Å². The van der Waals surface area contributed by atoms with E-state index in [0.29, 0.717) is 13.2 Å². The Balaban J connectivity index is 2.26. The highest BCUT2D eigenvalue weighted by atomic mass is 32.1. The van der Waals surface area contributed by atoms with Crippen molar-refractivity contribution in [2.75, 3.05) is 13.2 Å². The van der Waals surface area contributed by atoms with Crippen LogP contribution in [0.15, 0.2) is 18.2 Å². The van der Waals surface area contributed by atoms with E-state index in [1.54, 1.807) is 11.3 Å². The molecule has 0 radical (unpaired) electrons. The summed E-state index contributed by atoms with van der Waals surface area (Å²) in [6, 6.07) is 6.07. The maximum atomic E-state index is 5.68. The summed E-state index contributed by atoms with van der Waals surface area (Å²) in [7, 11) is 0. The Hall–Kier alpha value is -1.13. The van der Waals surface area contributed by atoms with Crippen LogP contribution >= 0.6 is 11.3 Å². The minimum absolute atomic E-state index is 0.660. The lowest BCUT2D eigenvalue weighted by atomic mass is 10.3. The first-order chi connectivity index (χ1) is 7.85. The molecule has 2 rings (SSSR count). The van der Waals surface area contributed by atoms with Crippen molar-refractivity contribution in [2.45, 2.75) is 19.8 Å². The van der Waals surface area contributed by atoms with Crippen LogP contribution in [0.5, 0.6) is 5.75 Å². The number of fused-ring (bicyclic) bond motifs is 1. The molecule has 0 saturated heterocycles. The average molecular weight is 236 g/mol. The van der Waals surface area contributed by atoms with Crippen molar-refractivity contribution in [3.05, 3.63) is 23.2 Å². The van der Waals surface area contributed by atoms with Crippen LogP contribution in [0.4, 0.5) is 0 Å². The zero-order valence-electron chi connectivity index (χ0n) is 9.40. The minimum Gasteiger partial charge on any atom is -0.491 e. The van der Waals surface area contributed by atoms with E-state index in [0.717, 1.165) is 29.1 Å². The summed E-state index contributed by atoms with van der Waals surface area (Å²) in [5, 5.41) is 1.16. The van der Waals surface area contributed by atoms with Gasteiger partial charge >= 0.3 is 0 Å². The van der Waals surface area contributed by atoms with Gasteiger partial charge in [0, 0.05) is 0 Å². The van der Waals surface area contributed by atoms with Crippen molar-refractivity contribution in [1.82, 2.24) is 4.98 Å². The SMILES string of the molecule is CCc1nc2c(OCCCN)cccc2s1. The molecule has 0 aliphatic heterocycles. The van der Waals surface area contributed by atoms with Crippen molar-refractivity contribution >= 4 is 21.6 Å². The molecule has 1 heterocycles. The van der Waals surface area contributed by atoms with Gasteiger partial charge in [-0.3, -0.25) is 0 Å². The molecule has 3 nitrogen and oxygen atoms in total. The molecule has 0 atom stereocenters. The van der Waals surface area contributed by atoms with Gasteiger partial charge in [-0.2, -0.15) is 0 Å². The molecule has 0 saturated carbocycles. The smallest absolute Gasteiger partial charge is 0.146 e. The highest BCUT2D eigenvalue weighted by Gasteiger charge is 2.07. The molecule has 1 aromatic heterocycles. The monoisotopic (exact) mass is 236 g/mol. The highest BCUT2D eigenvalue weighted by molar-refractivity contribution is 7.18. The summed E-state index contributed by atoms with van der Waals surface area (Å²) >= 11 is 1.73. The molecule has 86 valence electrons. The zero-order chi connectivity index (χ0) is 11.4. The Morgan fingerprint density at radius 1 is 1.44 bits per heavy atom. The number of rotatable bonds is 5. The van der Waals surface area contributed by atoms with E-state index in [1.807, 2.05) is 12.1 Å². The van der Waals surface area contributed by atoms with Gasteiger partial charge in [-0.25, -0.2) is 4.98 Å². The van der Waals surface area contributed by atoms with Gasteiger partial charge in [-0.1, -0.05) is 13.0 Å². The summed E-state index contributed by atoms with van der Waals surface area (Å²) in [5.74, 6) is 0.877. The molecule has 4 heteroatoms. The van der Waals surface area contributed by atoms with E-state index in [9.17, 15) is 0 Å². The van der Waals surface area contributed by atoms with E-state index >= 15 is 0 Å². The van der Waals surface area contributed by atoms with E-state index < -0.39 is 0 Å². The first-order valence-electron chi connectivity index (χ1n) is 5.56. The van der Waals surface area contributed by atoms with Gasteiger partial charge in [-0.15, -0.1) is 11.3 Å². The van der Waals surface area contributed by atoms with Crippen molar-refractivity contribution in [1.29, 1.82) is 0 Å². The van der Waals surface area contributed by atoms with Crippen LogP contribution in [0, 0.1) is 0 Å². The van der Waals surface area contributed by atoms with Gasteiger partial charge in [0.15, 0.2) is 0 Å². The standard InChI is InChI=1S/C12H16N2OS/c1-2-11-14-12-9(15-8-4-7-13)5-3-6-10(12)16-11/h3,5-6H,2,4,7-8,13H2,1H3. The summed E-state index contributed by atoms with van der Waals surface area (Å²) < 4.78 is 6.88. The minimum atomic E-state index is 0.660. The Kier molecular flexibility index (Phi) is 3.74. The summed E-state index contributed by atoms with van der Waals surface area (Å²) in [6.07, 6.45) is 1.85. The molecule has 2 aromatic rings. The van der Waals surface area contributed by atoms with Crippen LogP contribution in [0.2, 0.25) is 0 Å². The molecule has 1 aromatic carbocycles. The molecule has 0 fully saturated rings. The summed E-state index contributed by atoms with van der Waals surface area (Å²) in [5.41, 5.74) is 6.42. The highest BCUT2D eigenvalue weighted by Crippen LogP contribution is 2.29. The number of hydrogen-bond donors (Lipinski definition) is 1. The molecule has 0 unspecified atom stereocenters. The average Bonchev–Trinajstić information content (AvgIpc) is 2.73. The van der Waals surface area contributed by atoms with Crippen LogP contribution in [-0.2, 0) is 6.42 Å². The Labute approximate surface area is 99.3 Å². The summed E-state index contributed by atoms with van der Waals surface area (Å²) in [6.45, 7) is 3.44. The second kappa shape index (κ2) is 5.27. The number of benzene rings is 1. The lowest BCUT2D eigenvalue weighted by Gasteiger charge is -2.05. The number of para-hydroxylation sites is 1. The van der Waals surface area contributed by atoms with Gasteiger partial charge in [-0.05, 0) is 31.5 Å². The van der Waals surface area contributed by atoms with Crippen LogP contribution in [0.1, 0.15) is 18.4 Å². The topological polar surface area (TPSA) is 48.1 Å². The van der Waals surface area contributed by atoms with Crippen LogP contribution in [-0.4, -0.2) is 18.1 Å². The molecule has 0 amide bonds. The first-order valence-corrected chi connectivity index (χ1v) is 6.38. The fourth-order valence-electron chi connectivity index (χ4n) is 1.50. The summed E-state index contributed by atoms with van der Waals surface area (Å²) in [4.78, 5) is 4.57. The van der Waals surface area contributed by atoms with Crippen molar-refractivity contribution in [2.24, 2.45) is 5.73 Å². The van der Waals surface area contributed by atoms with Gasteiger partial charge in [0.05, 0.1) is 16.3 Å². The molecule has 0 aliphatic carbocycles. The van der Waals surface area contributed by atoms with E-state index in [-0.39, 0.29) is 0 Å². The maximum Gasteiger partial charge on any atom is 0.146 e. The number of nitrogens with two attached hydrogens (primary N) is 1. The molecule has 0 spiro atoms. The third-order valence-corrected chi connectivity index (χ3v) is 3.50. The van der Waals surface area contributed by atoms with Gasteiger partial charge in [0.25, 0.3) is 0 Å². The maximum absolute atomic E-state index is 5.68. The molecule has 2 N–H and O–H groups in total. The Morgan fingerprint density at radius 3 is 3.06 bits per heavy atom. The van der Waals surface area contributed by atoms with Crippen molar-refractivity contribution in [3.8, 4) is 5.75 Å². The lowest BCUT2D eigenvalue weighted by Crippen LogP contribution is -2.06. The quantitative estimate of drug-likeness (QED) is 0.812. The third kappa shape index (κ3) is 2.33. The van der Waals surface area contributed by atoms with Crippen LogP contribution < -0.4 is 10.5 Å². The fourth-order valence-corrected chi connectivity index (χ4v) is 2.43. The second-order valence-electron chi connectivity index (χ2n) is 3.55. The fraction of sp³-hybridized carbons (Fsp3) is 0.417.